The minimum atomic E-state index is -4.62. The van der Waals surface area contributed by atoms with E-state index in [4.69, 9.17) is 38.3 Å². The van der Waals surface area contributed by atoms with Crippen LogP contribution in [0.5, 0.6) is 0 Å². The molecule has 0 aliphatic rings. The van der Waals surface area contributed by atoms with Crippen LogP contribution in [0.1, 0.15) is 413 Å². The molecule has 0 amide bonds. The summed E-state index contributed by atoms with van der Waals surface area (Å²) in [6, 6.07) is 0. The van der Waals surface area contributed by atoms with E-state index in [0.717, 1.165) is 103 Å². The summed E-state index contributed by atoms with van der Waals surface area (Å²) in [5.41, 5.74) is 8.86. The molecule has 2 unspecified atom stereocenters. The predicted octanol–water partition coefficient (Wildman–Crippen LogP) is 21.7. The zero-order valence-corrected chi connectivity index (χ0v) is 68.0. The van der Waals surface area contributed by atoms with Crippen LogP contribution < -0.4 is 21.3 Å². The Kier molecular flexibility index (Phi) is 80.7. The van der Waals surface area contributed by atoms with Gasteiger partial charge in [-0.1, -0.05) is 335 Å². The first-order valence-corrected chi connectivity index (χ1v) is 45.3. The number of esters is 4. The van der Waals surface area contributed by atoms with Gasteiger partial charge < -0.3 is 58.3 Å². The van der Waals surface area contributed by atoms with Crippen LogP contribution in [-0.2, 0) is 65.4 Å². The third-order valence-corrected chi connectivity index (χ3v) is 20.2. The number of carbonyl (C=O) groups excluding carboxylic acids is 4. The fraction of sp³-hybridized carbons (Fsp3) is 0.902. The Morgan fingerprint density at radius 2 is 0.529 bits per heavy atom. The van der Waals surface area contributed by atoms with Crippen molar-refractivity contribution in [3.63, 3.8) is 0 Å². The Hall–Kier alpha value is -2.50. The molecule has 604 valence electrons. The number of rotatable bonds is 80. The van der Waals surface area contributed by atoms with Crippen LogP contribution >= 0.6 is 15.6 Å². The maximum absolute atomic E-state index is 12.5. The van der Waals surface area contributed by atoms with Gasteiger partial charge in [-0.05, 0) is 77.0 Å². The summed E-state index contributed by atoms with van der Waals surface area (Å²) in [5.74, 6) is -1.71. The van der Waals surface area contributed by atoms with Gasteiger partial charge in [0.15, 0.2) is 12.2 Å². The molecule has 20 heteroatoms. The minimum absolute atomic E-state index is 0.0180. The Labute approximate surface area is 625 Å². The second-order valence-corrected chi connectivity index (χ2v) is 31.3. The highest BCUT2D eigenvalue weighted by Crippen LogP contribution is 2.39. The Balaban J connectivity index is 0. The molecular formula is C82H159N2O16P2-. The largest absolute Gasteiger partial charge is 0.756 e. The van der Waals surface area contributed by atoms with Crippen LogP contribution in [0.2, 0.25) is 0 Å². The van der Waals surface area contributed by atoms with Crippen molar-refractivity contribution in [2.75, 3.05) is 52.7 Å². The summed E-state index contributed by atoms with van der Waals surface area (Å²) in [7, 11) is -9.20. The summed E-state index contributed by atoms with van der Waals surface area (Å²) in [5, 5.41) is 0. The normalized spacial score (nSPS) is 13.4. The van der Waals surface area contributed by atoms with Gasteiger partial charge >= 0.3 is 23.9 Å². The van der Waals surface area contributed by atoms with Crippen molar-refractivity contribution in [1.29, 1.82) is 0 Å². The first-order chi connectivity index (χ1) is 49.7. The van der Waals surface area contributed by atoms with Gasteiger partial charge in [0.25, 0.3) is 15.6 Å². The van der Waals surface area contributed by atoms with Crippen molar-refractivity contribution in [1.82, 2.24) is 0 Å². The highest BCUT2D eigenvalue weighted by atomic mass is 31.2. The lowest BCUT2D eigenvalue weighted by Gasteiger charge is -2.25. The van der Waals surface area contributed by atoms with Gasteiger partial charge in [-0.3, -0.25) is 28.3 Å². The molecule has 0 aliphatic carbocycles. The third kappa shape index (κ3) is 81.6. The van der Waals surface area contributed by atoms with Crippen LogP contribution in [0, 0.1) is 0 Å². The molecule has 0 aromatic rings. The summed E-state index contributed by atoms with van der Waals surface area (Å²) in [6.07, 6.45) is 75.8. The molecule has 0 aromatic carbocycles. The molecule has 5 N–H and O–H groups in total. The van der Waals surface area contributed by atoms with Crippen LogP contribution in [0.4, 0.5) is 0 Å². The van der Waals surface area contributed by atoms with E-state index >= 15 is 0 Å². The first kappa shape index (κ1) is 102. The average Bonchev–Trinajstić information content (AvgIpc) is 0.947. The number of allylic oxidation sites excluding steroid dienone is 4. The molecule has 0 fully saturated rings. The van der Waals surface area contributed by atoms with Crippen molar-refractivity contribution in [3.8, 4) is 0 Å². The molecule has 0 heterocycles. The quantitative estimate of drug-likeness (QED) is 0.0188. The second-order valence-electron chi connectivity index (χ2n) is 28.5. The Bertz CT molecular complexity index is 1980. The predicted molar refractivity (Wildman–Crippen MR) is 416 cm³/mol. The van der Waals surface area contributed by atoms with Crippen LogP contribution in [0.15, 0.2) is 24.3 Å². The van der Waals surface area contributed by atoms with E-state index in [2.05, 4.69) is 62.3 Å². The average molecular weight is 1490 g/mol. The van der Waals surface area contributed by atoms with Gasteiger partial charge in [-0.15, -0.1) is 0 Å². The summed E-state index contributed by atoms with van der Waals surface area (Å²) >= 11 is 0. The molecule has 0 aromatic heterocycles. The molecule has 0 saturated heterocycles. The Morgan fingerprint density at radius 3 is 0.765 bits per heavy atom. The molecule has 0 radical (unpaired) electrons. The van der Waals surface area contributed by atoms with Gasteiger partial charge in [0.2, 0.25) is 0 Å². The van der Waals surface area contributed by atoms with Crippen LogP contribution in [-0.4, -0.2) is 88.8 Å². The number of ether oxygens (including phenoxy) is 4. The van der Waals surface area contributed by atoms with Crippen molar-refractivity contribution in [2.24, 2.45) is 5.73 Å². The molecule has 4 atom stereocenters. The van der Waals surface area contributed by atoms with Gasteiger partial charge in [-0.25, -0.2) is 0 Å². The number of hydrogen-bond acceptors (Lipinski definition) is 17. The van der Waals surface area contributed by atoms with E-state index in [1.165, 1.54) is 244 Å². The number of nitrogens with two attached hydrogens (primary N) is 1. The number of quaternary nitrogens is 1. The van der Waals surface area contributed by atoms with Gasteiger partial charge in [0, 0.05) is 32.2 Å². The summed E-state index contributed by atoms with van der Waals surface area (Å²) < 4.78 is 64.8. The van der Waals surface area contributed by atoms with E-state index in [9.17, 15) is 38.1 Å². The van der Waals surface area contributed by atoms with E-state index in [1.54, 1.807) is 0 Å². The van der Waals surface area contributed by atoms with E-state index in [1.807, 2.05) is 0 Å². The lowest BCUT2D eigenvalue weighted by Crippen LogP contribution is -2.52. The maximum atomic E-state index is 12.5. The molecule has 18 nitrogen and oxygen atoms in total. The van der Waals surface area contributed by atoms with Crippen LogP contribution in [0.25, 0.3) is 0 Å². The number of phosphoric ester groups is 2. The second kappa shape index (κ2) is 81.0. The van der Waals surface area contributed by atoms with Crippen molar-refractivity contribution in [2.45, 2.75) is 425 Å². The summed E-state index contributed by atoms with van der Waals surface area (Å²) in [4.78, 5) is 73.8. The monoisotopic (exact) mass is 1490 g/mol. The van der Waals surface area contributed by atoms with Crippen molar-refractivity contribution >= 4 is 39.5 Å². The topological polar surface area (TPSA) is 276 Å². The highest BCUT2D eigenvalue weighted by molar-refractivity contribution is 7.46. The SMILES string of the molecule is CCCCCCCC/C=C\CCCCCCCC(=O)OC[C@H](COP(=O)([O-])OCC[NH3+])OC(=O)CCCCCCC/C=C\CCCCCCCC.CCCCCCCCCCCCCCCCCC(=O)OC[C@H](COP(=O)([O-])OCCN)OC(=O)CCCCCCCCCCCCCCCCC. The number of phosphoric acid groups is 2. The first-order valence-electron chi connectivity index (χ1n) is 42.4. The van der Waals surface area contributed by atoms with E-state index in [0.29, 0.717) is 12.8 Å². The van der Waals surface area contributed by atoms with Crippen molar-refractivity contribution in [3.05, 3.63) is 24.3 Å². The van der Waals surface area contributed by atoms with Gasteiger partial charge in [0.1, 0.15) is 19.8 Å². The fourth-order valence-electron chi connectivity index (χ4n) is 12.0. The lowest BCUT2D eigenvalue weighted by atomic mass is 10.0. The molecule has 0 rings (SSSR count). The maximum Gasteiger partial charge on any atom is 0.306 e. The van der Waals surface area contributed by atoms with Gasteiger partial charge in [-0.2, -0.15) is 0 Å². The number of carbonyl (C=O) groups is 4. The van der Waals surface area contributed by atoms with E-state index in [-0.39, 0.29) is 65.2 Å². The molecule has 0 spiro atoms. The number of unbranched alkanes of at least 4 members (excludes halogenated alkanes) is 50. The highest BCUT2D eigenvalue weighted by Gasteiger charge is 2.23. The molecule has 0 saturated carbocycles. The zero-order valence-electron chi connectivity index (χ0n) is 66.3. The molecule has 0 bridgehead atoms. The van der Waals surface area contributed by atoms with Gasteiger partial charge in [0.05, 0.1) is 26.4 Å². The lowest BCUT2D eigenvalue weighted by molar-refractivity contribution is -0.373. The molecule has 0 aliphatic heterocycles. The summed E-state index contributed by atoms with van der Waals surface area (Å²) in [6.45, 7) is 7.48. The van der Waals surface area contributed by atoms with Crippen LogP contribution in [0.3, 0.4) is 0 Å². The minimum Gasteiger partial charge on any atom is -0.756 e. The third-order valence-electron chi connectivity index (χ3n) is 18.3. The Morgan fingerprint density at radius 1 is 0.314 bits per heavy atom. The number of hydrogen-bond donors (Lipinski definition) is 2. The molecular weight excluding hydrogens is 1330 g/mol. The fourth-order valence-corrected chi connectivity index (χ4v) is 13.5. The standard InChI is InChI=1S/C41H82NO8P.C41H78NO8P/c2*1-3-5-7-9-11-13-15-17-19-21-23-25-27-29-31-33-40(43)47-37-39(38-49-51(45,46)48-36-35-42)50-41(44)34-32-30-28-26-24-22-20-18-16-14-12-10-8-6-4-2/h39H,3-38,42H2,1-2H3,(H,45,46);17-20,39H,3-16,21-38,42H2,1-2H3,(H,45,46)/p-1/b;19-17-,20-18-/t2*39-/m11/s1. The molecule has 102 heavy (non-hydrogen) atoms. The van der Waals surface area contributed by atoms with E-state index < -0.39 is 64.9 Å². The van der Waals surface area contributed by atoms with Crippen molar-refractivity contribution < 1.29 is 80.9 Å². The zero-order chi connectivity index (χ0) is 75.0. The smallest absolute Gasteiger partial charge is 0.306 e.